The third kappa shape index (κ3) is 3.03. The topological polar surface area (TPSA) is 100 Å². The molecule has 28 heavy (non-hydrogen) atoms. The van der Waals surface area contributed by atoms with Crippen LogP contribution in [0, 0.1) is 5.82 Å². The van der Waals surface area contributed by atoms with Crippen molar-refractivity contribution in [1.29, 1.82) is 0 Å². The number of amides is 1. The summed E-state index contributed by atoms with van der Waals surface area (Å²) in [5.41, 5.74) is 2.19. The third-order valence-electron chi connectivity index (χ3n) is 4.13. The molecule has 4 rings (SSSR count). The number of nitrogens with zero attached hydrogens (tertiary/aromatic N) is 4. The third-order valence-corrected chi connectivity index (χ3v) is 4.48. The molecule has 0 aliphatic carbocycles. The lowest BCUT2D eigenvalue weighted by molar-refractivity contribution is -0.114. The number of H-pyrrole nitrogens is 1. The Labute approximate surface area is 164 Å². The highest BCUT2D eigenvalue weighted by Crippen LogP contribution is 2.40. The van der Waals surface area contributed by atoms with E-state index >= 15 is 4.39 Å². The standard InChI is InChI=1S/C18H17ClFN7O/c1-8(2)23-18-16(20)15(19)14(10-4-22-26-17(10)18)11-6-27-7-12(24-9(3)28)25-13(27)5-21-11/h4-8,23H,1-3H3,(H,22,26)(H,24,28). The summed E-state index contributed by atoms with van der Waals surface area (Å²) in [5.74, 6) is -0.405. The first kappa shape index (κ1) is 18.2. The van der Waals surface area contributed by atoms with E-state index in [9.17, 15) is 4.79 Å². The van der Waals surface area contributed by atoms with Gasteiger partial charge in [-0.2, -0.15) is 5.10 Å². The number of carbonyl (C=O) groups excluding carboxylic acids is 1. The van der Waals surface area contributed by atoms with E-state index in [-0.39, 0.29) is 22.7 Å². The number of fused-ring (bicyclic) bond motifs is 2. The summed E-state index contributed by atoms with van der Waals surface area (Å²) in [6, 6.07) is 0.00976. The van der Waals surface area contributed by atoms with Crippen molar-refractivity contribution in [3.05, 3.63) is 35.6 Å². The van der Waals surface area contributed by atoms with E-state index in [2.05, 4.69) is 30.8 Å². The second kappa shape index (κ2) is 6.75. The van der Waals surface area contributed by atoms with Gasteiger partial charge in [0.25, 0.3) is 0 Å². The summed E-state index contributed by atoms with van der Waals surface area (Å²) < 4.78 is 16.7. The van der Waals surface area contributed by atoms with E-state index in [1.807, 2.05) is 13.8 Å². The van der Waals surface area contributed by atoms with Crippen molar-refractivity contribution >= 4 is 45.6 Å². The molecule has 0 aliphatic heterocycles. The minimum Gasteiger partial charge on any atom is -0.379 e. The SMILES string of the molecule is CC(=O)Nc1cn2cc(-c3c(Cl)c(F)c(NC(C)C)c4[nH]ncc34)ncc2n1. The van der Waals surface area contributed by atoms with Crippen molar-refractivity contribution < 1.29 is 9.18 Å². The highest BCUT2D eigenvalue weighted by atomic mass is 35.5. The molecule has 0 atom stereocenters. The first-order chi connectivity index (χ1) is 13.3. The van der Waals surface area contributed by atoms with E-state index in [0.29, 0.717) is 33.6 Å². The zero-order valence-electron chi connectivity index (χ0n) is 15.3. The number of imidazole rings is 1. The number of halogens is 2. The van der Waals surface area contributed by atoms with Gasteiger partial charge in [0.1, 0.15) is 0 Å². The number of hydrogen-bond donors (Lipinski definition) is 3. The van der Waals surface area contributed by atoms with Gasteiger partial charge in [0.2, 0.25) is 5.91 Å². The fourth-order valence-electron chi connectivity index (χ4n) is 3.06. The maximum Gasteiger partial charge on any atom is 0.222 e. The molecular weight excluding hydrogens is 385 g/mol. The molecule has 1 aromatic carbocycles. The summed E-state index contributed by atoms with van der Waals surface area (Å²) in [6.45, 7) is 5.22. The molecule has 4 aromatic rings. The Morgan fingerprint density at radius 2 is 2.11 bits per heavy atom. The number of aromatic nitrogens is 5. The van der Waals surface area contributed by atoms with Gasteiger partial charge >= 0.3 is 0 Å². The van der Waals surface area contributed by atoms with Crippen molar-refractivity contribution in [1.82, 2.24) is 24.6 Å². The van der Waals surface area contributed by atoms with Crippen LogP contribution >= 0.6 is 11.6 Å². The summed E-state index contributed by atoms with van der Waals surface area (Å²) in [6.07, 6.45) is 6.44. The van der Waals surface area contributed by atoms with Gasteiger partial charge in [0.05, 0.1) is 40.5 Å². The van der Waals surface area contributed by atoms with Crippen molar-refractivity contribution in [2.75, 3.05) is 10.6 Å². The zero-order valence-corrected chi connectivity index (χ0v) is 16.1. The number of anilines is 2. The fourth-order valence-corrected chi connectivity index (χ4v) is 3.35. The summed E-state index contributed by atoms with van der Waals surface area (Å²) in [4.78, 5) is 19.9. The predicted octanol–water partition coefficient (Wildman–Crippen LogP) is 3.84. The lowest BCUT2D eigenvalue weighted by Gasteiger charge is -2.15. The second-order valence-electron chi connectivity index (χ2n) is 6.68. The largest absolute Gasteiger partial charge is 0.379 e. The number of rotatable bonds is 4. The van der Waals surface area contributed by atoms with Crippen LogP contribution < -0.4 is 10.6 Å². The van der Waals surface area contributed by atoms with Gasteiger partial charge in [-0.25, -0.2) is 9.37 Å². The molecule has 0 radical (unpaired) electrons. The van der Waals surface area contributed by atoms with Gasteiger partial charge < -0.3 is 15.0 Å². The Hall–Kier alpha value is -3.20. The molecule has 0 unspecified atom stereocenters. The molecule has 0 bridgehead atoms. The van der Waals surface area contributed by atoms with E-state index in [0.717, 1.165) is 0 Å². The van der Waals surface area contributed by atoms with Gasteiger partial charge in [-0.3, -0.25) is 14.9 Å². The van der Waals surface area contributed by atoms with E-state index < -0.39 is 5.82 Å². The molecular formula is C18H17ClFN7O. The summed E-state index contributed by atoms with van der Waals surface area (Å²) >= 11 is 6.40. The van der Waals surface area contributed by atoms with Gasteiger partial charge in [-0.1, -0.05) is 11.6 Å². The first-order valence-electron chi connectivity index (χ1n) is 8.58. The summed E-state index contributed by atoms with van der Waals surface area (Å²) in [7, 11) is 0. The molecule has 3 aromatic heterocycles. The lowest BCUT2D eigenvalue weighted by atomic mass is 10.1. The summed E-state index contributed by atoms with van der Waals surface area (Å²) in [5, 5.41) is 13.2. The van der Waals surface area contributed by atoms with Crippen LogP contribution in [0.25, 0.3) is 27.8 Å². The average Bonchev–Trinajstić information content (AvgIpc) is 3.24. The fraction of sp³-hybridized carbons (Fsp3) is 0.222. The Morgan fingerprint density at radius 1 is 1.32 bits per heavy atom. The highest BCUT2D eigenvalue weighted by Gasteiger charge is 2.22. The molecule has 8 nitrogen and oxygen atoms in total. The zero-order chi connectivity index (χ0) is 20.0. The number of aromatic amines is 1. The van der Waals surface area contributed by atoms with Crippen LogP contribution in [0.1, 0.15) is 20.8 Å². The Morgan fingerprint density at radius 3 is 2.82 bits per heavy atom. The number of benzene rings is 1. The van der Waals surface area contributed by atoms with E-state index in [1.54, 1.807) is 23.0 Å². The van der Waals surface area contributed by atoms with Gasteiger partial charge in [-0.05, 0) is 13.8 Å². The Bertz CT molecular complexity index is 1210. The molecule has 3 N–H and O–H groups in total. The van der Waals surface area contributed by atoms with Crippen LogP contribution in [-0.4, -0.2) is 36.5 Å². The van der Waals surface area contributed by atoms with E-state index in [4.69, 9.17) is 11.6 Å². The first-order valence-corrected chi connectivity index (χ1v) is 8.96. The predicted molar refractivity (Wildman–Crippen MR) is 106 cm³/mol. The molecule has 0 saturated heterocycles. The van der Waals surface area contributed by atoms with Crippen LogP contribution in [0.3, 0.4) is 0 Å². The van der Waals surface area contributed by atoms with Crippen molar-refractivity contribution in [2.24, 2.45) is 0 Å². The smallest absolute Gasteiger partial charge is 0.222 e. The molecule has 10 heteroatoms. The molecule has 3 heterocycles. The number of nitrogens with one attached hydrogen (secondary N) is 3. The second-order valence-corrected chi connectivity index (χ2v) is 7.06. The Kier molecular flexibility index (Phi) is 4.38. The molecule has 0 saturated carbocycles. The van der Waals surface area contributed by atoms with Crippen LogP contribution in [0.5, 0.6) is 0 Å². The van der Waals surface area contributed by atoms with Gasteiger partial charge in [0, 0.05) is 30.1 Å². The van der Waals surface area contributed by atoms with Gasteiger partial charge in [-0.15, -0.1) is 0 Å². The van der Waals surface area contributed by atoms with Crippen molar-refractivity contribution in [3.63, 3.8) is 0 Å². The molecule has 1 amide bonds. The average molecular weight is 402 g/mol. The van der Waals surface area contributed by atoms with Crippen LogP contribution in [0.2, 0.25) is 5.02 Å². The van der Waals surface area contributed by atoms with Crippen LogP contribution in [0.15, 0.2) is 24.8 Å². The quantitative estimate of drug-likeness (QED) is 0.482. The maximum absolute atomic E-state index is 15.0. The monoisotopic (exact) mass is 401 g/mol. The lowest BCUT2D eigenvalue weighted by Crippen LogP contribution is -2.12. The molecule has 144 valence electrons. The van der Waals surface area contributed by atoms with E-state index in [1.165, 1.54) is 13.1 Å². The van der Waals surface area contributed by atoms with Crippen LogP contribution in [-0.2, 0) is 4.79 Å². The molecule has 0 aliphatic rings. The Balaban J connectivity index is 1.90. The number of carbonyl (C=O) groups is 1. The normalized spacial score (nSPS) is 11.5. The van der Waals surface area contributed by atoms with Crippen molar-refractivity contribution in [3.8, 4) is 11.3 Å². The number of hydrogen-bond acceptors (Lipinski definition) is 5. The highest BCUT2D eigenvalue weighted by molar-refractivity contribution is 6.35. The molecule has 0 fully saturated rings. The van der Waals surface area contributed by atoms with Crippen molar-refractivity contribution in [2.45, 2.75) is 26.8 Å². The maximum atomic E-state index is 15.0. The minimum absolute atomic E-state index is 0.00976. The molecule has 0 spiro atoms. The van der Waals surface area contributed by atoms with Gasteiger partial charge in [0.15, 0.2) is 17.3 Å². The van der Waals surface area contributed by atoms with Crippen LogP contribution in [0.4, 0.5) is 15.9 Å². The minimum atomic E-state index is -0.575.